The Kier molecular flexibility index (Phi) is 6.73. The van der Waals surface area contributed by atoms with Crippen LogP contribution in [0.4, 0.5) is 0 Å². The maximum absolute atomic E-state index is 11.4. The summed E-state index contributed by atoms with van der Waals surface area (Å²) in [6.07, 6.45) is 0.646. The molecular weight excluding hydrogens is 366 g/mol. The topological polar surface area (TPSA) is 59.0 Å². The molecule has 0 spiro atoms. The first kappa shape index (κ1) is 20.7. The summed E-state index contributed by atoms with van der Waals surface area (Å²) in [6.45, 7) is 3.05. The highest BCUT2D eigenvalue weighted by Crippen LogP contribution is 2.32. The molecule has 0 saturated heterocycles. The molecule has 0 aliphatic carbocycles. The summed E-state index contributed by atoms with van der Waals surface area (Å²) in [4.78, 5) is 13.5. The first-order valence-corrected chi connectivity index (χ1v) is 9.65. The molecule has 3 aromatic rings. The van der Waals surface area contributed by atoms with Gasteiger partial charge >= 0.3 is 0 Å². The van der Waals surface area contributed by atoms with Gasteiger partial charge in [0.25, 0.3) is 0 Å². The van der Waals surface area contributed by atoms with E-state index < -0.39 is 0 Å². The van der Waals surface area contributed by atoms with E-state index in [0.717, 1.165) is 34.2 Å². The van der Waals surface area contributed by atoms with Gasteiger partial charge in [0.2, 0.25) is 0 Å². The van der Waals surface area contributed by atoms with Crippen molar-refractivity contribution in [3.8, 4) is 17.2 Å². The van der Waals surface area contributed by atoms with Crippen molar-refractivity contribution in [3.05, 3.63) is 65.7 Å². The number of ether oxygens (including phenoxy) is 2. The molecule has 0 aliphatic rings. The maximum atomic E-state index is 11.4. The van der Waals surface area contributed by atoms with Gasteiger partial charge in [-0.05, 0) is 67.7 Å². The number of ketones is 1. The van der Waals surface area contributed by atoms with E-state index >= 15 is 0 Å². The van der Waals surface area contributed by atoms with Crippen LogP contribution in [-0.4, -0.2) is 49.6 Å². The molecule has 0 amide bonds. The number of rotatable bonds is 9. The van der Waals surface area contributed by atoms with Crippen molar-refractivity contribution in [1.29, 1.82) is 0 Å². The Morgan fingerprint density at radius 1 is 1.00 bits per heavy atom. The van der Waals surface area contributed by atoms with Crippen LogP contribution in [0.25, 0.3) is 10.8 Å². The van der Waals surface area contributed by atoms with Gasteiger partial charge in [0, 0.05) is 18.5 Å². The molecule has 3 aromatic carbocycles. The van der Waals surface area contributed by atoms with Crippen LogP contribution in [0, 0.1) is 0 Å². The molecule has 5 nitrogen and oxygen atoms in total. The fourth-order valence-electron chi connectivity index (χ4n) is 3.11. The number of phenols is 1. The summed E-state index contributed by atoms with van der Waals surface area (Å²) >= 11 is 0. The highest BCUT2D eigenvalue weighted by Gasteiger charge is 2.12. The fraction of sp³-hybridized carbons (Fsp3) is 0.292. The number of carbonyl (C=O) groups excluding carboxylic acids is 1. The van der Waals surface area contributed by atoms with Gasteiger partial charge in [-0.1, -0.05) is 24.3 Å². The van der Waals surface area contributed by atoms with Gasteiger partial charge in [0.05, 0.1) is 0 Å². The van der Waals surface area contributed by atoms with E-state index in [2.05, 4.69) is 4.90 Å². The third kappa shape index (κ3) is 5.72. The Balaban J connectivity index is 1.85. The van der Waals surface area contributed by atoms with Gasteiger partial charge < -0.3 is 19.5 Å². The van der Waals surface area contributed by atoms with Gasteiger partial charge in [-0.3, -0.25) is 4.79 Å². The zero-order chi connectivity index (χ0) is 20.8. The molecule has 1 N–H and O–H groups in total. The predicted octanol–water partition coefficient (Wildman–Crippen LogP) is 4.04. The summed E-state index contributed by atoms with van der Waals surface area (Å²) in [5, 5.41) is 11.7. The van der Waals surface area contributed by atoms with E-state index in [1.807, 2.05) is 56.6 Å². The summed E-state index contributed by atoms with van der Waals surface area (Å²) in [5.41, 5.74) is 2.10. The van der Waals surface area contributed by atoms with E-state index in [1.165, 1.54) is 6.92 Å². The first-order valence-electron chi connectivity index (χ1n) is 9.65. The summed E-state index contributed by atoms with van der Waals surface area (Å²) in [6, 6.07) is 17.1. The zero-order valence-corrected chi connectivity index (χ0v) is 17.1. The molecule has 0 fully saturated rings. The van der Waals surface area contributed by atoms with Gasteiger partial charge in [0.1, 0.15) is 30.5 Å². The summed E-state index contributed by atoms with van der Waals surface area (Å²) in [7, 11) is 4.03. The fourth-order valence-corrected chi connectivity index (χ4v) is 3.11. The molecule has 3 rings (SSSR count). The number of aromatic hydroxyl groups is 1. The molecule has 0 aromatic heterocycles. The summed E-state index contributed by atoms with van der Waals surface area (Å²) < 4.78 is 11.5. The maximum Gasteiger partial charge on any atom is 0.167 e. The van der Waals surface area contributed by atoms with Crippen molar-refractivity contribution in [2.45, 2.75) is 13.3 Å². The largest absolute Gasteiger partial charge is 0.508 e. The number of phenolic OH excluding ortho intramolecular Hbond substituents is 1. The second-order valence-electron chi connectivity index (χ2n) is 7.41. The molecule has 29 heavy (non-hydrogen) atoms. The number of hydrogen-bond donors (Lipinski definition) is 1. The lowest BCUT2D eigenvalue weighted by atomic mass is 9.97. The summed E-state index contributed by atoms with van der Waals surface area (Å²) in [5.74, 6) is 1.72. The van der Waals surface area contributed by atoms with Crippen LogP contribution in [-0.2, 0) is 11.2 Å². The number of Topliss-reactive ketones (excluding diaryl/α,β-unsaturated/α-hetero) is 1. The Bertz CT molecular complexity index is 980. The molecule has 152 valence electrons. The average molecular weight is 393 g/mol. The van der Waals surface area contributed by atoms with E-state index in [9.17, 15) is 9.90 Å². The molecule has 5 heteroatoms. The molecule has 0 radical (unpaired) electrons. The lowest BCUT2D eigenvalue weighted by molar-refractivity contribution is -0.118. The van der Waals surface area contributed by atoms with E-state index in [-0.39, 0.29) is 18.1 Å². The van der Waals surface area contributed by atoms with Crippen molar-refractivity contribution >= 4 is 16.6 Å². The molecule has 0 unspecified atom stereocenters. The van der Waals surface area contributed by atoms with Crippen LogP contribution < -0.4 is 9.47 Å². The standard InChI is InChI=1S/C24H27NO4/c1-17(26)16-29-24-11-6-19-15-20(27)7-10-22(19)23(24)14-18-4-8-21(9-5-18)28-13-12-25(2)3/h4-11,15,27H,12-14,16H2,1-3H3. The number of hydrogen-bond acceptors (Lipinski definition) is 5. The molecule has 0 atom stereocenters. The minimum absolute atomic E-state index is 0.0269. The molecule has 0 saturated carbocycles. The first-order chi connectivity index (χ1) is 13.9. The van der Waals surface area contributed by atoms with Crippen LogP contribution in [0.3, 0.4) is 0 Å². The SMILES string of the molecule is CC(=O)COc1ccc2cc(O)ccc2c1Cc1ccc(OCCN(C)C)cc1. The molecule has 0 heterocycles. The van der Waals surface area contributed by atoms with Crippen molar-refractivity contribution < 1.29 is 19.4 Å². The number of likely N-dealkylation sites (N-methyl/N-ethyl adjacent to an activating group) is 1. The Hall–Kier alpha value is -3.05. The molecular formula is C24H27NO4. The highest BCUT2D eigenvalue weighted by atomic mass is 16.5. The number of carbonyl (C=O) groups is 1. The quantitative estimate of drug-likeness (QED) is 0.594. The zero-order valence-electron chi connectivity index (χ0n) is 17.1. The second kappa shape index (κ2) is 9.43. The Labute approximate surface area is 171 Å². The van der Waals surface area contributed by atoms with Crippen LogP contribution >= 0.6 is 0 Å². The van der Waals surface area contributed by atoms with Crippen molar-refractivity contribution in [1.82, 2.24) is 4.90 Å². The monoisotopic (exact) mass is 393 g/mol. The molecule has 0 aliphatic heterocycles. The number of nitrogens with zero attached hydrogens (tertiary/aromatic N) is 1. The van der Waals surface area contributed by atoms with E-state index in [4.69, 9.17) is 9.47 Å². The van der Waals surface area contributed by atoms with Crippen molar-refractivity contribution in [3.63, 3.8) is 0 Å². The van der Waals surface area contributed by atoms with Crippen LogP contribution in [0.5, 0.6) is 17.2 Å². The lowest BCUT2D eigenvalue weighted by Crippen LogP contribution is -2.19. The van der Waals surface area contributed by atoms with Crippen LogP contribution in [0.2, 0.25) is 0 Å². The third-order valence-corrected chi connectivity index (χ3v) is 4.61. The van der Waals surface area contributed by atoms with Crippen molar-refractivity contribution in [2.75, 3.05) is 33.9 Å². The minimum atomic E-state index is -0.0269. The predicted molar refractivity (Wildman–Crippen MR) is 115 cm³/mol. The van der Waals surface area contributed by atoms with Crippen LogP contribution in [0.1, 0.15) is 18.1 Å². The second-order valence-corrected chi connectivity index (χ2v) is 7.41. The number of benzene rings is 3. The normalized spacial score (nSPS) is 11.0. The number of fused-ring (bicyclic) bond motifs is 1. The average Bonchev–Trinajstić information content (AvgIpc) is 2.68. The van der Waals surface area contributed by atoms with Gasteiger partial charge in [-0.25, -0.2) is 0 Å². The van der Waals surface area contributed by atoms with Crippen LogP contribution in [0.15, 0.2) is 54.6 Å². The highest BCUT2D eigenvalue weighted by molar-refractivity contribution is 5.89. The van der Waals surface area contributed by atoms with Gasteiger partial charge in [-0.15, -0.1) is 0 Å². The Morgan fingerprint density at radius 2 is 1.76 bits per heavy atom. The third-order valence-electron chi connectivity index (χ3n) is 4.61. The smallest absolute Gasteiger partial charge is 0.167 e. The van der Waals surface area contributed by atoms with E-state index in [0.29, 0.717) is 18.8 Å². The minimum Gasteiger partial charge on any atom is -0.508 e. The van der Waals surface area contributed by atoms with Gasteiger partial charge in [0.15, 0.2) is 5.78 Å². The molecule has 0 bridgehead atoms. The van der Waals surface area contributed by atoms with Gasteiger partial charge in [-0.2, -0.15) is 0 Å². The van der Waals surface area contributed by atoms with Crippen molar-refractivity contribution in [2.24, 2.45) is 0 Å². The van der Waals surface area contributed by atoms with E-state index in [1.54, 1.807) is 12.1 Å². The lowest BCUT2D eigenvalue weighted by Gasteiger charge is -2.15. The Morgan fingerprint density at radius 3 is 2.45 bits per heavy atom.